The van der Waals surface area contributed by atoms with E-state index in [-0.39, 0.29) is 59.1 Å². The first-order valence-electron chi connectivity index (χ1n) is 6.37. The fraction of sp³-hybridized carbons (Fsp3) is 0.500. The number of carbonyl (C=O) groups is 6. The van der Waals surface area contributed by atoms with Gasteiger partial charge in [0.15, 0.2) is 18.3 Å². The van der Waals surface area contributed by atoms with E-state index in [2.05, 4.69) is 9.47 Å². The number of carboxylic acids is 4. The Morgan fingerprint density at radius 3 is 1.44 bits per heavy atom. The Hall–Kier alpha value is -1.22. The molecule has 0 bridgehead atoms. The van der Waals surface area contributed by atoms with Crippen LogP contribution >= 0.6 is 0 Å². The van der Waals surface area contributed by atoms with Crippen LogP contribution in [0.5, 0.6) is 0 Å². The minimum Gasteiger partial charge on any atom is -0.546 e. The van der Waals surface area contributed by atoms with Crippen molar-refractivity contribution < 1.29 is 123 Å². The molecule has 0 fully saturated rings. The molecule has 3 unspecified atom stereocenters. The molecule has 0 radical (unpaired) electrons. The standard InChI is InChI=1S/C12H14O13.2Na/c13-4(12(23)25-6(11(21)22)3-8(16)17)1-9(18)24-5(10(19)20)2-7(14)15;;/h4-6,13H,1-3H2,(H,14,15)(H,16,17)(H,19,20)(H,21,22);;/q;2*+1/p-2. The number of carboxylic acid groups (broad SMARTS) is 4. The Morgan fingerprint density at radius 1 is 0.741 bits per heavy atom. The SMILES string of the molecule is O=C(O)CC(OC(=O)CC(O)C(=O)OC(CC(=O)O)C(=O)[O-])C(=O)[O-].[Na+].[Na+]. The zero-order valence-corrected chi connectivity index (χ0v) is 18.3. The molecule has 27 heavy (non-hydrogen) atoms. The second-order valence-corrected chi connectivity index (χ2v) is 4.46. The molecular weight excluding hydrogens is 398 g/mol. The van der Waals surface area contributed by atoms with Crippen molar-refractivity contribution in [1.29, 1.82) is 0 Å². The summed E-state index contributed by atoms with van der Waals surface area (Å²) in [5, 5.41) is 47.4. The Balaban J connectivity index is -0.00000288. The molecule has 0 amide bonds. The van der Waals surface area contributed by atoms with Crippen molar-refractivity contribution in [3.63, 3.8) is 0 Å². The van der Waals surface area contributed by atoms with Crippen molar-refractivity contribution in [1.82, 2.24) is 0 Å². The molecule has 0 aromatic rings. The number of rotatable bonds is 11. The molecule has 0 heterocycles. The van der Waals surface area contributed by atoms with Gasteiger partial charge in [-0.05, 0) is 0 Å². The summed E-state index contributed by atoms with van der Waals surface area (Å²) in [4.78, 5) is 64.7. The Bertz CT molecular complexity index is 576. The van der Waals surface area contributed by atoms with Crippen LogP contribution in [0.1, 0.15) is 19.3 Å². The fourth-order valence-corrected chi connectivity index (χ4v) is 1.33. The Labute approximate surface area is 195 Å². The number of hydrogen-bond donors (Lipinski definition) is 3. The van der Waals surface area contributed by atoms with Crippen LogP contribution in [0.4, 0.5) is 0 Å². The van der Waals surface area contributed by atoms with Gasteiger partial charge in [-0.1, -0.05) is 0 Å². The van der Waals surface area contributed by atoms with Crippen LogP contribution in [0.25, 0.3) is 0 Å². The molecule has 3 N–H and O–H groups in total. The van der Waals surface area contributed by atoms with Crippen LogP contribution < -0.4 is 69.3 Å². The monoisotopic (exact) mass is 410 g/mol. The van der Waals surface area contributed by atoms with Crippen molar-refractivity contribution in [2.75, 3.05) is 0 Å². The molecule has 0 spiro atoms. The van der Waals surface area contributed by atoms with Crippen molar-refractivity contribution in [2.45, 2.75) is 37.6 Å². The van der Waals surface area contributed by atoms with Gasteiger partial charge in [0.2, 0.25) is 0 Å². The molecule has 0 aromatic heterocycles. The maximum absolute atomic E-state index is 11.4. The molecule has 0 saturated carbocycles. The first-order valence-corrected chi connectivity index (χ1v) is 6.37. The number of aliphatic carboxylic acids is 4. The summed E-state index contributed by atoms with van der Waals surface area (Å²) in [6.45, 7) is 0. The molecule has 140 valence electrons. The number of ether oxygens (including phenoxy) is 2. The van der Waals surface area contributed by atoms with E-state index in [1.165, 1.54) is 0 Å². The van der Waals surface area contributed by atoms with E-state index in [0.29, 0.717) is 0 Å². The number of aliphatic hydroxyl groups excluding tert-OH is 1. The maximum Gasteiger partial charge on any atom is 1.00 e. The van der Waals surface area contributed by atoms with Crippen LogP contribution in [0.15, 0.2) is 0 Å². The van der Waals surface area contributed by atoms with Crippen LogP contribution in [-0.4, -0.2) is 69.4 Å². The maximum atomic E-state index is 11.4. The van der Waals surface area contributed by atoms with Crippen LogP contribution in [0.3, 0.4) is 0 Å². The molecule has 0 aliphatic heterocycles. The van der Waals surface area contributed by atoms with Gasteiger partial charge in [-0.3, -0.25) is 14.4 Å². The van der Waals surface area contributed by atoms with Gasteiger partial charge in [-0.2, -0.15) is 0 Å². The fourth-order valence-electron chi connectivity index (χ4n) is 1.33. The summed E-state index contributed by atoms with van der Waals surface area (Å²) < 4.78 is 8.33. The summed E-state index contributed by atoms with van der Waals surface area (Å²) in [6.07, 6.45) is -10.3. The molecular formula is C12H12Na2O13. The molecule has 0 rings (SSSR count). The van der Waals surface area contributed by atoms with Gasteiger partial charge >= 0.3 is 83.0 Å². The van der Waals surface area contributed by atoms with E-state index in [4.69, 9.17) is 10.2 Å². The summed E-state index contributed by atoms with van der Waals surface area (Å²) >= 11 is 0. The van der Waals surface area contributed by atoms with Gasteiger partial charge in [0.1, 0.15) is 0 Å². The number of carbonyl (C=O) groups excluding carboxylic acids is 4. The number of hydrogen-bond acceptors (Lipinski definition) is 11. The van der Waals surface area contributed by atoms with Crippen LogP contribution in [0, 0.1) is 0 Å². The van der Waals surface area contributed by atoms with E-state index in [0.717, 1.165) is 0 Å². The number of esters is 2. The smallest absolute Gasteiger partial charge is 0.546 e. The predicted octanol–water partition coefficient (Wildman–Crippen LogP) is -11.0. The summed E-state index contributed by atoms with van der Waals surface area (Å²) in [6, 6.07) is 0. The van der Waals surface area contributed by atoms with E-state index < -0.39 is 73.4 Å². The third-order valence-electron chi connectivity index (χ3n) is 2.41. The summed E-state index contributed by atoms with van der Waals surface area (Å²) in [5.74, 6) is -10.6. The first-order chi connectivity index (χ1) is 11.4. The van der Waals surface area contributed by atoms with E-state index in [1.54, 1.807) is 0 Å². The van der Waals surface area contributed by atoms with E-state index in [1.807, 2.05) is 0 Å². The molecule has 3 atom stereocenters. The van der Waals surface area contributed by atoms with Crippen molar-refractivity contribution in [3.05, 3.63) is 0 Å². The minimum absolute atomic E-state index is 0. The first kappa shape index (κ1) is 30.5. The Kier molecular flexibility index (Phi) is 16.7. The third kappa shape index (κ3) is 13.6. The van der Waals surface area contributed by atoms with Crippen molar-refractivity contribution >= 4 is 35.8 Å². The van der Waals surface area contributed by atoms with Gasteiger partial charge in [-0.15, -0.1) is 0 Å². The van der Waals surface area contributed by atoms with Gasteiger partial charge < -0.3 is 44.6 Å². The largest absolute Gasteiger partial charge is 1.00 e. The molecule has 0 saturated heterocycles. The van der Waals surface area contributed by atoms with Crippen molar-refractivity contribution in [3.8, 4) is 0 Å². The van der Waals surface area contributed by atoms with Crippen LogP contribution in [0.2, 0.25) is 0 Å². The molecule has 0 aromatic carbocycles. The van der Waals surface area contributed by atoms with Crippen molar-refractivity contribution in [2.24, 2.45) is 0 Å². The average Bonchev–Trinajstić information content (AvgIpc) is 2.44. The molecule has 13 nitrogen and oxygen atoms in total. The van der Waals surface area contributed by atoms with Gasteiger partial charge in [0.05, 0.1) is 31.2 Å². The third-order valence-corrected chi connectivity index (χ3v) is 2.41. The van der Waals surface area contributed by atoms with Crippen LogP contribution in [-0.2, 0) is 38.2 Å². The average molecular weight is 410 g/mol. The minimum atomic E-state index is -2.32. The molecule has 15 heteroatoms. The zero-order chi connectivity index (χ0) is 19.7. The summed E-state index contributed by atoms with van der Waals surface area (Å²) in [5.41, 5.74) is 0. The number of aliphatic hydroxyl groups is 1. The second kappa shape index (κ2) is 14.8. The topological polar surface area (TPSA) is 228 Å². The van der Waals surface area contributed by atoms with Gasteiger partial charge in [0.25, 0.3) is 0 Å². The quantitative estimate of drug-likeness (QED) is 0.212. The normalized spacial score (nSPS) is 12.8. The molecule has 0 aliphatic carbocycles. The predicted molar refractivity (Wildman–Crippen MR) is 64.9 cm³/mol. The van der Waals surface area contributed by atoms with Gasteiger partial charge in [-0.25, -0.2) is 4.79 Å². The molecule has 0 aliphatic rings. The Morgan fingerprint density at radius 2 is 1.11 bits per heavy atom. The van der Waals surface area contributed by atoms with Gasteiger partial charge in [0, 0.05) is 0 Å². The second-order valence-electron chi connectivity index (χ2n) is 4.46. The van der Waals surface area contributed by atoms with E-state index in [9.17, 15) is 44.1 Å². The zero-order valence-electron chi connectivity index (χ0n) is 14.3. The van der Waals surface area contributed by atoms with E-state index >= 15 is 0 Å². The summed E-state index contributed by atoms with van der Waals surface area (Å²) in [7, 11) is 0.